The maximum Gasteiger partial charge on any atom is 0.332 e. The lowest BCUT2D eigenvalue weighted by Crippen LogP contribution is -2.32. The molecule has 1 rings (SSSR count). The smallest absolute Gasteiger partial charge is 0.332 e. The number of hydrogen-bond donors (Lipinski definition) is 3. The van der Waals surface area contributed by atoms with Crippen LogP contribution in [0.15, 0.2) is 0 Å². The Hall–Kier alpha value is -1.30. The number of carboxylic acids is 1. The van der Waals surface area contributed by atoms with Crippen molar-refractivity contribution in [1.29, 1.82) is 0 Å². The number of carboxylic acid groups (broad SMARTS) is 1. The Labute approximate surface area is 75.1 Å². The van der Waals surface area contributed by atoms with Crippen molar-refractivity contribution in [3.05, 3.63) is 0 Å². The number of carbonyl (C=O) groups excluding carboxylic acids is 1. The quantitative estimate of drug-likeness (QED) is 0.519. The van der Waals surface area contributed by atoms with Gasteiger partial charge in [0.2, 0.25) is 0 Å². The molecule has 0 aliphatic carbocycles. The van der Waals surface area contributed by atoms with Crippen molar-refractivity contribution < 1.29 is 19.8 Å². The molecule has 1 aliphatic heterocycles. The van der Waals surface area contributed by atoms with Crippen LogP contribution >= 0.6 is 0 Å². The van der Waals surface area contributed by atoms with Gasteiger partial charge in [-0.25, -0.2) is 9.59 Å². The third kappa shape index (κ3) is 2.59. The van der Waals surface area contributed by atoms with Crippen LogP contribution in [0.2, 0.25) is 0 Å². The van der Waals surface area contributed by atoms with E-state index in [1.807, 2.05) is 0 Å². The Morgan fingerprint density at radius 3 is 2.85 bits per heavy atom. The van der Waals surface area contributed by atoms with Crippen LogP contribution in [0.3, 0.4) is 0 Å². The van der Waals surface area contributed by atoms with Crippen molar-refractivity contribution in [1.82, 2.24) is 10.2 Å². The number of nitrogens with one attached hydrogen (secondary N) is 1. The molecule has 0 radical (unpaired) electrons. The lowest BCUT2D eigenvalue weighted by molar-refractivity contribution is -0.147. The molecule has 1 unspecified atom stereocenters. The van der Waals surface area contributed by atoms with E-state index in [0.717, 1.165) is 0 Å². The second-order valence-electron chi connectivity index (χ2n) is 2.86. The fourth-order valence-corrected chi connectivity index (χ4v) is 1.13. The maximum absolute atomic E-state index is 10.9. The molecule has 3 N–H and O–H groups in total. The van der Waals surface area contributed by atoms with E-state index in [4.69, 9.17) is 10.2 Å². The van der Waals surface area contributed by atoms with Crippen LogP contribution in [0, 0.1) is 0 Å². The summed E-state index contributed by atoms with van der Waals surface area (Å²) in [5.41, 5.74) is 0. The molecule has 2 amide bonds. The molecule has 1 fully saturated rings. The average Bonchev–Trinajstić information content (AvgIpc) is 2.47. The third-order valence-corrected chi connectivity index (χ3v) is 1.90. The summed E-state index contributed by atoms with van der Waals surface area (Å²) in [5.74, 6) is -1.25. The molecule has 1 atom stereocenters. The minimum absolute atomic E-state index is 0.0722. The molecule has 0 aromatic carbocycles. The summed E-state index contributed by atoms with van der Waals surface area (Å²) in [6.45, 7) is 1.44. The number of nitrogens with zero attached hydrogens (tertiary/aromatic N) is 1. The van der Waals surface area contributed by atoms with Gasteiger partial charge in [0.25, 0.3) is 0 Å². The van der Waals surface area contributed by atoms with Gasteiger partial charge in [0, 0.05) is 26.1 Å². The molecular formula is C7H12N2O4. The second kappa shape index (κ2) is 4.08. The van der Waals surface area contributed by atoms with Gasteiger partial charge in [-0.15, -0.1) is 0 Å². The fraction of sp³-hybridized carbons (Fsp3) is 0.714. The Bertz CT molecular complexity index is 219. The molecule has 0 spiro atoms. The fourth-order valence-electron chi connectivity index (χ4n) is 1.13. The number of rotatable bonds is 4. The van der Waals surface area contributed by atoms with E-state index in [1.54, 1.807) is 0 Å². The first-order chi connectivity index (χ1) is 6.11. The number of hydrogen-bond acceptors (Lipinski definition) is 3. The Balaban J connectivity index is 2.25. The summed E-state index contributed by atoms with van der Waals surface area (Å²) in [4.78, 5) is 22.6. The Morgan fingerprint density at radius 1 is 1.69 bits per heavy atom. The molecule has 0 aromatic rings. The second-order valence-corrected chi connectivity index (χ2v) is 2.86. The van der Waals surface area contributed by atoms with E-state index < -0.39 is 12.1 Å². The highest BCUT2D eigenvalue weighted by Crippen LogP contribution is 2.00. The van der Waals surface area contributed by atoms with Crippen LogP contribution in [0.25, 0.3) is 0 Å². The SMILES string of the molecule is O=C(O)C(O)CCN1CCNC1=O. The summed E-state index contributed by atoms with van der Waals surface area (Å²) in [7, 11) is 0. The number of aliphatic hydroxyl groups is 1. The van der Waals surface area contributed by atoms with Gasteiger partial charge in [0.05, 0.1) is 0 Å². The molecule has 74 valence electrons. The van der Waals surface area contributed by atoms with Crippen molar-refractivity contribution in [2.24, 2.45) is 0 Å². The Kier molecular flexibility index (Phi) is 3.07. The number of amides is 2. The summed E-state index contributed by atoms with van der Waals surface area (Å²) in [6, 6.07) is -0.197. The highest BCUT2D eigenvalue weighted by Gasteiger charge is 2.21. The Morgan fingerprint density at radius 2 is 2.38 bits per heavy atom. The molecule has 0 bridgehead atoms. The minimum Gasteiger partial charge on any atom is -0.479 e. The van der Waals surface area contributed by atoms with Gasteiger partial charge in [-0.1, -0.05) is 0 Å². The molecule has 1 aliphatic rings. The van der Waals surface area contributed by atoms with Crippen LogP contribution in [0.1, 0.15) is 6.42 Å². The summed E-state index contributed by atoms with van der Waals surface area (Å²) >= 11 is 0. The van der Waals surface area contributed by atoms with Crippen LogP contribution in [-0.2, 0) is 4.79 Å². The minimum atomic E-state index is -1.38. The zero-order valence-corrected chi connectivity index (χ0v) is 7.06. The molecule has 1 heterocycles. The topological polar surface area (TPSA) is 89.9 Å². The lowest BCUT2D eigenvalue weighted by Gasteiger charge is -2.14. The third-order valence-electron chi connectivity index (χ3n) is 1.90. The van der Waals surface area contributed by atoms with Crippen LogP contribution < -0.4 is 5.32 Å². The molecule has 6 nitrogen and oxygen atoms in total. The molecule has 13 heavy (non-hydrogen) atoms. The van der Waals surface area contributed by atoms with Crippen LogP contribution in [0.4, 0.5) is 4.79 Å². The largest absolute Gasteiger partial charge is 0.479 e. The van der Waals surface area contributed by atoms with Crippen molar-refractivity contribution >= 4 is 12.0 Å². The summed E-state index contributed by atoms with van der Waals surface area (Å²) in [6.07, 6.45) is -1.31. The van der Waals surface area contributed by atoms with E-state index in [-0.39, 0.29) is 19.0 Å². The molecular weight excluding hydrogens is 176 g/mol. The van der Waals surface area contributed by atoms with Crippen LogP contribution in [-0.4, -0.2) is 52.9 Å². The van der Waals surface area contributed by atoms with E-state index in [1.165, 1.54) is 4.90 Å². The highest BCUT2D eigenvalue weighted by atomic mass is 16.4. The van der Waals surface area contributed by atoms with Crippen molar-refractivity contribution in [3.63, 3.8) is 0 Å². The molecule has 6 heteroatoms. The van der Waals surface area contributed by atoms with E-state index >= 15 is 0 Å². The zero-order valence-electron chi connectivity index (χ0n) is 7.06. The van der Waals surface area contributed by atoms with E-state index in [2.05, 4.69) is 5.32 Å². The van der Waals surface area contributed by atoms with Crippen molar-refractivity contribution in [2.45, 2.75) is 12.5 Å². The first kappa shape index (κ1) is 9.79. The van der Waals surface area contributed by atoms with Gasteiger partial charge in [-0.3, -0.25) is 0 Å². The van der Waals surface area contributed by atoms with Gasteiger partial charge in [0.1, 0.15) is 0 Å². The summed E-state index contributed by atoms with van der Waals surface area (Å²) < 4.78 is 0. The van der Waals surface area contributed by atoms with Gasteiger partial charge >= 0.3 is 12.0 Å². The molecule has 0 aromatic heterocycles. The number of aliphatic carboxylic acids is 1. The zero-order chi connectivity index (χ0) is 9.84. The molecule has 0 saturated carbocycles. The first-order valence-corrected chi connectivity index (χ1v) is 4.05. The van der Waals surface area contributed by atoms with Crippen LogP contribution in [0.5, 0.6) is 0 Å². The van der Waals surface area contributed by atoms with E-state index in [0.29, 0.717) is 13.1 Å². The van der Waals surface area contributed by atoms with E-state index in [9.17, 15) is 9.59 Å². The number of aliphatic hydroxyl groups excluding tert-OH is 1. The lowest BCUT2D eigenvalue weighted by atomic mass is 10.2. The van der Waals surface area contributed by atoms with Crippen molar-refractivity contribution in [3.8, 4) is 0 Å². The van der Waals surface area contributed by atoms with Gasteiger partial charge in [-0.05, 0) is 0 Å². The number of carbonyl (C=O) groups is 2. The van der Waals surface area contributed by atoms with Crippen molar-refractivity contribution in [2.75, 3.05) is 19.6 Å². The standard InChI is InChI=1S/C7H12N2O4/c10-5(6(11)12)1-3-9-4-2-8-7(9)13/h5,10H,1-4H2,(H,8,13)(H,11,12). The maximum atomic E-state index is 10.9. The first-order valence-electron chi connectivity index (χ1n) is 4.05. The highest BCUT2D eigenvalue weighted by molar-refractivity contribution is 5.76. The van der Waals surface area contributed by atoms with Gasteiger partial charge in [-0.2, -0.15) is 0 Å². The average molecular weight is 188 g/mol. The predicted octanol–water partition coefficient (Wildman–Crippen LogP) is -1.15. The number of urea groups is 1. The van der Waals surface area contributed by atoms with Gasteiger partial charge in [0.15, 0.2) is 6.10 Å². The predicted molar refractivity (Wildman–Crippen MR) is 43.2 cm³/mol. The molecule has 1 saturated heterocycles. The summed E-state index contributed by atoms with van der Waals surface area (Å²) in [5, 5.41) is 19.8. The normalized spacial score (nSPS) is 18.5. The van der Waals surface area contributed by atoms with Gasteiger partial charge < -0.3 is 20.4 Å². The monoisotopic (exact) mass is 188 g/mol.